The number of methoxy groups -OCH3 is 1. The molecule has 0 bridgehead atoms. The van der Waals surface area contributed by atoms with Crippen molar-refractivity contribution < 1.29 is 4.74 Å². The van der Waals surface area contributed by atoms with E-state index >= 15 is 0 Å². The summed E-state index contributed by atoms with van der Waals surface area (Å²) in [7, 11) is 1.71. The summed E-state index contributed by atoms with van der Waals surface area (Å²) in [4.78, 5) is 4.67. The minimum absolute atomic E-state index is 0.117. The predicted molar refractivity (Wildman–Crippen MR) is 74.5 cm³/mol. The van der Waals surface area contributed by atoms with Crippen LogP contribution in [-0.2, 0) is 17.6 Å². The van der Waals surface area contributed by atoms with Gasteiger partial charge in [-0.3, -0.25) is 5.41 Å². The summed E-state index contributed by atoms with van der Waals surface area (Å²) in [6.07, 6.45) is 4.27. The summed E-state index contributed by atoms with van der Waals surface area (Å²) in [6, 6.07) is 2.05. The van der Waals surface area contributed by atoms with Crippen molar-refractivity contribution in [1.82, 2.24) is 4.98 Å². The summed E-state index contributed by atoms with van der Waals surface area (Å²) < 4.78 is 5.03. The zero-order valence-corrected chi connectivity index (χ0v) is 11.5. The van der Waals surface area contributed by atoms with E-state index < -0.39 is 0 Å². The van der Waals surface area contributed by atoms with E-state index in [0.29, 0.717) is 0 Å². The van der Waals surface area contributed by atoms with E-state index in [1.807, 2.05) is 0 Å². The molecule has 1 aromatic heterocycles. The molecule has 4 nitrogen and oxygen atoms in total. The van der Waals surface area contributed by atoms with Gasteiger partial charge in [0, 0.05) is 30.7 Å². The Hall–Kier alpha value is -1.07. The molecule has 18 heavy (non-hydrogen) atoms. The van der Waals surface area contributed by atoms with Crippen molar-refractivity contribution in [3.8, 4) is 0 Å². The van der Waals surface area contributed by atoms with Crippen molar-refractivity contribution in [3.63, 3.8) is 0 Å². The van der Waals surface area contributed by atoms with E-state index in [2.05, 4.69) is 11.1 Å². The van der Waals surface area contributed by atoms with Crippen LogP contribution in [0.5, 0.6) is 0 Å². The largest absolute Gasteiger partial charge is 0.385 e. The standard InChI is InChI=1S/C13H19N3OS/c1-17-6-3-7-18-13-10(12(14)15)8-9-4-2-5-11(9)16-13/h8H,2-7H2,1H3,(H3,14,15). The number of thioether (sulfide) groups is 1. The van der Waals surface area contributed by atoms with E-state index in [9.17, 15) is 0 Å². The molecule has 2 rings (SSSR count). The molecule has 1 aromatic rings. The van der Waals surface area contributed by atoms with Crippen molar-refractivity contribution in [1.29, 1.82) is 5.41 Å². The molecule has 5 heteroatoms. The molecule has 1 aliphatic carbocycles. The van der Waals surface area contributed by atoms with Gasteiger partial charge in [0.2, 0.25) is 0 Å². The molecular formula is C13H19N3OS. The second-order valence-electron chi connectivity index (χ2n) is 4.41. The number of hydrogen-bond acceptors (Lipinski definition) is 4. The lowest BCUT2D eigenvalue weighted by atomic mass is 10.1. The first-order chi connectivity index (χ1) is 8.72. The third-order valence-electron chi connectivity index (χ3n) is 3.04. The Bertz CT molecular complexity index is 448. The van der Waals surface area contributed by atoms with Gasteiger partial charge in [0.1, 0.15) is 10.9 Å². The Morgan fingerprint density at radius 1 is 1.56 bits per heavy atom. The number of hydrogen-bond donors (Lipinski definition) is 2. The van der Waals surface area contributed by atoms with Gasteiger partial charge in [-0.05, 0) is 37.3 Å². The topological polar surface area (TPSA) is 72.0 Å². The third kappa shape index (κ3) is 3.03. The molecule has 1 heterocycles. The van der Waals surface area contributed by atoms with Crippen LogP contribution in [0.15, 0.2) is 11.1 Å². The minimum atomic E-state index is 0.117. The van der Waals surface area contributed by atoms with Gasteiger partial charge in [0.15, 0.2) is 0 Å². The maximum Gasteiger partial charge on any atom is 0.125 e. The number of aromatic nitrogens is 1. The summed E-state index contributed by atoms with van der Waals surface area (Å²) in [5, 5.41) is 8.56. The summed E-state index contributed by atoms with van der Waals surface area (Å²) in [5.41, 5.74) is 8.89. The summed E-state index contributed by atoms with van der Waals surface area (Å²) in [5.74, 6) is 1.06. The molecule has 0 unspecified atom stereocenters. The SMILES string of the molecule is COCCCSc1nc2c(cc1C(=N)N)CCC2. The minimum Gasteiger partial charge on any atom is -0.385 e. The first kappa shape index (κ1) is 13.4. The van der Waals surface area contributed by atoms with Gasteiger partial charge >= 0.3 is 0 Å². The Kier molecular flexibility index (Phi) is 4.60. The van der Waals surface area contributed by atoms with Crippen LogP contribution in [0.25, 0.3) is 0 Å². The lowest BCUT2D eigenvalue weighted by Gasteiger charge is -2.10. The van der Waals surface area contributed by atoms with Gasteiger partial charge < -0.3 is 10.5 Å². The Morgan fingerprint density at radius 3 is 3.11 bits per heavy atom. The highest BCUT2D eigenvalue weighted by Crippen LogP contribution is 2.28. The van der Waals surface area contributed by atoms with Crippen LogP contribution < -0.4 is 5.73 Å². The maximum absolute atomic E-state index is 7.66. The molecule has 0 radical (unpaired) electrons. The molecule has 98 valence electrons. The highest BCUT2D eigenvalue weighted by atomic mass is 32.2. The Labute approximate surface area is 112 Å². The van der Waals surface area contributed by atoms with Gasteiger partial charge in [-0.25, -0.2) is 4.98 Å². The number of nitrogens with one attached hydrogen (secondary N) is 1. The highest BCUT2D eigenvalue weighted by Gasteiger charge is 2.17. The van der Waals surface area contributed by atoms with Crippen LogP contribution in [0.3, 0.4) is 0 Å². The van der Waals surface area contributed by atoms with Crippen molar-refractivity contribution in [2.45, 2.75) is 30.7 Å². The maximum atomic E-state index is 7.66. The zero-order valence-electron chi connectivity index (χ0n) is 10.7. The number of fused-ring (bicyclic) bond motifs is 1. The van der Waals surface area contributed by atoms with Crippen LogP contribution in [0.4, 0.5) is 0 Å². The number of rotatable bonds is 6. The smallest absolute Gasteiger partial charge is 0.125 e. The van der Waals surface area contributed by atoms with Crippen molar-refractivity contribution in [2.24, 2.45) is 5.73 Å². The number of pyridine rings is 1. The molecule has 0 saturated heterocycles. The summed E-state index contributed by atoms with van der Waals surface area (Å²) >= 11 is 1.67. The lowest BCUT2D eigenvalue weighted by Crippen LogP contribution is -2.14. The van der Waals surface area contributed by atoms with Gasteiger partial charge in [-0.2, -0.15) is 0 Å². The fraction of sp³-hybridized carbons (Fsp3) is 0.538. The average Bonchev–Trinajstić information content (AvgIpc) is 2.80. The molecule has 0 amide bonds. The Balaban J connectivity index is 2.14. The number of amidine groups is 1. The van der Waals surface area contributed by atoms with E-state index in [-0.39, 0.29) is 5.84 Å². The molecule has 0 aliphatic heterocycles. The second kappa shape index (κ2) is 6.20. The molecular weight excluding hydrogens is 246 g/mol. The fourth-order valence-electron chi connectivity index (χ4n) is 2.13. The normalized spacial score (nSPS) is 13.6. The van der Waals surface area contributed by atoms with Crippen LogP contribution in [0.1, 0.15) is 29.7 Å². The van der Waals surface area contributed by atoms with Crippen molar-refractivity contribution in [3.05, 3.63) is 22.9 Å². The number of nitrogens with two attached hydrogens (primary N) is 1. The van der Waals surface area contributed by atoms with Crippen molar-refractivity contribution >= 4 is 17.6 Å². The van der Waals surface area contributed by atoms with E-state index in [1.54, 1.807) is 18.9 Å². The summed E-state index contributed by atoms with van der Waals surface area (Å²) in [6.45, 7) is 0.757. The predicted octanol–water partition coefficient (Wildman–Crippen LogP) is 1.98. The van der Waals surface area contributed by atoms with E-state index in [0.717, 1.165) is 48.6 Å². The van der Waals surface area contributed by atoms with Crippen molar-refractivity contribution in [2.75, 3.05) is 19.5 Å². The first-order valence-corrected chi connectivity index (χ1v) is 7.20. The molecule has 0 aromatic carbocycles. The highest BCUT2D eigenvalue weighted by molar-refractivity contribution is 7.99. The average molecular weight is 265 g/mol. The van der Waals surface area contributed by atoms with E-state index in [4.69, 9.17) is 15.9 Å². The Morgan fingerprint density at radius 2 is 2.39 bits per heavy atom. The van der Waals surface area contributed by atoms with Gasteiger partial charge in [0.05, 0.1) is 0 Å². The van der Waals surface area contributed by atoms with Crippen LogP contribution in [-0.4, -0.2) is 30.3 Å². The number of ether oxygens (including phenoxy) is 1. The first-order valence-electron chi connectivity index (χ1n) is 6.21. The zero-order chi connectivity index (χ0) is 13.0. The van der Waals surface area contributed by atoms with Crippen LogP contribution in [0.2, 0.25) is 0 Å². The number of nitrogens with zero attached hydrogens (tertiary/aromatic N) is 1. The molecule has 0 atom stereocenters. The lowest BCUT2D eigenvalue weighted by molar-refractivity contribution is 0.200. The van der Waals surface area contributed by atoms with Crippen LogP contribution >= 0.6 is 11.8 Å². The quantitative estimate of drug-likeness (QED) is 0.357. The monoisotopic (exact) mass is 265 g/mol. The number of aryl methyl sites for hydroxylation is 2. The molecule has 0 spiro atoms. The van der Waals surface area contributed by atoms with Gasteiger partial charge in [-0.15, -0.1) is 11.8 Å². The molecule has 0 saturated carbocycles. The van der Waals surface area contributed by atoms with E-state index in [1.165, 1.54) is 11.3 Å². The molecule has 1 aliphatic rings. The van der Waals surface area contributed by atoms with Gasteiger partial charge in [0.25, 0.3) is 0 Å². The number of nitrogen functional groups attached to an aromatic ring is 1. The fourth-order valence-corrected chi connectivity index (χ4v) is 3.08. The van der Waals surface area contributed by atoms with Gasteiger partial charge in [-0.1, -0.05) is 0 Å². The molecule has 3 N–H and O–H groups in total. The van der Waals surface area contributed by atoms with Crippen LogP contribution in [0, 0.1) is 5.41 Å². The second-order valence-corrected chi connectivity index (χ2v) is 5.49. The molecule has 0 fully saturated rings. The third-order valence-corrected chi connectivity index (χ3v) is 4.12.